The highest BCUT2D eigenvalue weighted by Crippen LogP contribution is 2.30. The molecule has 0 aliphatic heterocycles. The first-order valence-corrected chi connectivity index (χ1v) is 6.55. The number of amides is 1. The molecule has 1 heterocycles. The van der Waals surface area contributed by atoms with Gasteiger partial charge in [-0.15, -0.1) is 6.58 Å². The van der Waals surface area contributed by atoms with Gasteiger partial charge in [0, 0.05) is 18.3 Å². The number of hydrogen-bond donors (Lipinski definition) is 2. The zero-order valence-corrected chi connectivity index (χ0v) is 11.9. The van der Waals surface area contributed by atoms with Crippen LogP contribution in [0.25, 0.3) is 0 Å². The van der Waals surface area contributed by atoms with Crippen molar-refractivity contribution in [1.82, 2.24) is 15.3 Å². The lowest BCUT2D eigenvalue weighted by atomic mass is 10.2. The molecule has 0 aliphatic carbocycles. The first-order chi connectivity index (χ1) is 10.9. The lowest BCUT2D eigenvalue weighted by Gasteiger charge is -2.09. The summed E-state index contributed by atoms with van der Waals surface area (Å²) >= 11 is 0. The van der Waals surface area contributed by atoms with Gasteiger partial charge in [0.1, 0.15) is 17.8 Å². The van der Waals surface area contributed by atoms with Crippen molar-refractivity contribution in [3.05, 3.63) is 60.6 Å². The van der Waals surface area contributed by atoms with Gasteiger partial charge >= 0.3 is 6.18 Å². The standard InChI is InChI=1S/C15H13F3N4O/c1-2-7-19-14(23)12-8-13(21-9-20-12)22-11-5-3-10(4-6-11)15(16,17)18/h2-6,8-9H,1,7H2,(H,19,23)(H,20,21,22). The van der Waals surface area contributed by atoms with Crippen molar-refractivity contribution in [2.75, 3.05) is 11.9 Å². The fraction of sp³-hybridized carbons (Fsp3) is 0.133. The Morgan fingerprint density at radius 2 is 1.91 bits per heavy atom. The second-order valence-corrected chi connectivity index (χ2v) is 4.49. The van der Waals surface area contributed by atoms with Gasteiger partial charge in [-0.3, -0.25) is 4.79 Å². The van der Waals surface area contributed by atoms with Crippen molar-refractivity contribution in [3.8, 4) is 0 Å². The molecular formula is C15H13F3N4O. The smallest absolute Gasteiger partial charge is 0.347 e. The zero-order chi connectivity index (χ0) is 16.9. The summed E-state index contributed by atoms with van der Waals surface area (Å²) in [5.74, 6) is -0.105. The highest BCUT2D eigenvalue weighted by molar-refractivity contribution is 5.93. The zero-order valence-electron chi connectivity index (χ0n) is 11.9. The summed E-state index contributed by atoms with van der Waals surface area (Å²) in [5, 5.41) is 5.38. The quantitative estimate of drug-likeness (QED) is 0.830. The van der Waals surface area contributed by atoms with E-state index < -0.39 is 17.6 Å². The Balaban J connectivity index is 2.11. The fourth-order valence-electron chi connectivity index (χ4n) is 1.70. The largest absolute Gasteiger partial charge is 0.416 e. The molecule has 2 aromatic rings. The molecular weight excluding hydrogens is 309 g/mol. The maximum absolute atomic E-state index is 12.5. The molecule has 0 unspecified atom stereocenters. The van der Waals surface area contributed by atoms with Gasteiger partial charge in [0.25, 0.3) is 5.91 Å². The van der Waals surface area contributed by atoms with Crippen LogP contribution in [0.2, 0.25) is 0 Å². The average molecular weight is 322 g/mol. The van der Waals surface area contributed by atoms with E-state index in [9.17, 15) is 18.0 Å². The van der Waals surface area contributed by atoms with Gasteiger partial charge < -0.3 is 10.6 Å². The molecule has 1 aromatic carbocycles. The lowest BCUT2D eigenvalue weighted by Crippen LogP contribution is -2.24. The maximum atomic E-state index is 12.5. The number of nitrogens with one attached hydrogen (secondary N) is 2. The van der Waals surface area contributed by atoms with E-state index in [1.807, 2.05) is 0 Å². The predicted molar refractivity (Wildman–Crippen MR) is 79.3 cm³/mol. The van der Waals surface area contributed by atoms with E-state index in [1.165, 1.54) is 30.6 Å². The molecule has 0 saturated heterocycles. The van der Waals surface area contributed by atoms with E-state index in [0.717, 1.165) is 12.1 Å². The van der Waals surface area contributed by atoms with Crippen LogP contribution in [0.1, 0.15) is 16.1 Å². The van der Waals surface area contributed by atoms with Crippen LogP contribution in [-0.2, 0) is 6.18 Å². The minimum absolute atomic E-state index is 0.135. The molecule has 0 fully saturated rings. The van der Waals surface area contributed by atoms with E-state index in [4.69, 9.17) is 0 Å². The molecule has 2 N–H and O–H groups in total. The molecule has 23 heavy (non-hydrogen) atoms. The number of hydrogen-bond acceptors (Lipinski definition) is 4. The molecule has 0 saturated carbocycles. The molecule has 1 aromatic heterocycles. The summed E-state index contributed by atoms with van der Waals surface area (Å²) in [7, 11) is 0. The molecule has 1 amide bonds. The van der Waals surface area contributed by atoms with Crippen molar-refractivity contribution in [2.45, 2.75) is 6.18 Å². The number of nitrogens with zero attached hydrogens (tertiary/aromatic N) is 2. The van der Waals surface area contributed by atoms with Gasteiger partial charge in [-0.1, -0.05) is 6.08 Å². The average Bonchev–Trinajstić information content (AvgIpc) is 2.52. The molecule has 0 aliphatic rings. The van der Waals surface area contributed by atoms with Crippen molar-refractivity contribution >= 4 is 17.4 Å². The Morgan fingerprint density at radius 1 is 1.22 bits per heavy atom. The van der Waals surface area contributed by atoms with Crippen LogP contribution < -0.4 is 10.6 Å². The normalized spacial score (nSPS) is 10.9. The van der Waals surface area contributed by atoms with Gasteiger partial charge in [-0.2, -0.15) is 13.2 Å². The van der Waals surface area contributed by atoms with Crippen LogP contribution in [-0.4, -0.2) is 22.4 Å². The third-order valence-electron chi connectivity index (χ3n) is 2.79. The van der Waals surface area contributed by atoms with Crippen molar-refractivity contribution in [1.29, 1.82) is 0 Å². The van der Waals surface area contributed by atoms with Crippen LogP contribution in [0.4, 0.5) is 24.7 Å². The SMILES string of the molecule is C=CCNC(=O)c1cc(Nc2ccc(C(F)(F)F)cc2)ncn1. The van der Waals surface area contributed by atoms with Crippen LogP contribution in [0.5, 0.6) is 0 Å². The van der Waals surface area contributed by atoms with Crippen LogP contribution in [0.3, 0.4) is 0 Å². The predicted octanol–water partition coefficient (Wildman–Crippen LogP) is 3.15. The Labute approximate surface area is 130 Å². The molecule has 8 heteroatoms. The Hall–Kier alpha value is -2.90. The Bertz CT molecular complexity index is 699. The Morgan fingerprint density at radius 3 is 2.52 bits per heavy atom. The van der Waals surface area contributed by atoms with E-state index >= 15 is 0 Å². The van der Waals surface area contributed by atoms with Crippen LogP contribution in [0.15, 0.2) is 49.3 Å². The number of aromatic nitrogens is 2. The summed E-state index contributed by atoms with van der Waals surface area (Å²) in [5.41, 5.74) is -0.194. The summed E-state index contributed by atoms with van der Waals surface area (Å²) in [6, 6.07) is 5.88. The number of carbonyl (C=O) groups excluding carboxylic acids is 1. The van der Waals surface area contributed by atoms with Gasteiger partial charge in [0.15, 0.2) is 0 Å². The number of alkyl halides is 3. The summed E-state index contributed by atoms with van der Waals surface area (Å²) < 4.78 is 37.5. The molecule has 5 nitrogen and oxygen atoms in total. The maximum Gasteiger partial charge on any atom is 0.416 e. The Kier molecular flexibility index (Phi) is 4.95. The van der Waals surface area contributed by atoms with Crippen LogP contribution >= 0.6 is 0 Å². The lowest BCUT2D eigenvalue weighted by molar-refractivity contribution is -0.137. The minimum atomic E-state index is -4.39. The number of carbonyl (C=O) groups is 1. The van der Waals surface area contributed by atoms with Gasteiger partial charge in [-0.25, -0.2) is 9.97 Å². The second-order valence-electron chi connectivity index (χ2n) is 4.49. The minimum Gasteiger partial charge on any atom is -0.347 e. The number of rotatable bonds is 5. The van der Waals surface area contributed by atoms with Gasteiger partial charge in [-0.05, 0) is 24.3 Å². The van der Waals surface area contributed by atoms with Crippen LogP contribution in [0, 0.1) is 0 Å². The second kappa shape index (κ2) is 6.91. The topological polar surface area (TPSA) is 66.9 Å². The monoisotopic (exact) mass is 322 g/mol. The van der Waals surface area contributed by atoms with Crippen molar-refractivity contribution in [2.24, 2.45) is 0 Å². The molecule has 0 radical (unpaired) electrons. The summed E-state index contributed by atoms with van der Waals surface area (Å²) in [4.78, 5) is 19.5. The number of halogens is 3. The van der Waals surface area contributed by atoms with E-state index in [0.29, 0.717) is 18.1 Å². The number of benzene rings is 1. The summed E-state index contributed by atoms with van der Waals surface area (Å²) in [6.07, 6.45) is -1.67. The summed E-state index contributed by atoms with van der Waals surface area (Å²) in [6.45, 7) is 3.78. The molecule has 0 spiro atoms. The fourth-order valence-corrected chi connectivity index (χ4v) is 1.70. The first kappa shape index (κ1) is 16.5. The highest BCUT2D eigenvalue weighted by atomic mass is 19.4. The van der Waals surface area contributed by atoms with Crippen molar-refractivity contribution < 1.29 is 18.0 Å². The van der Waals surface area contributed by atoms with E-state index in [-0.39, 0.29) is 5.69 Å². The van der Waals surface area contributed by atoms with E-state index in [2.05, 4.69) is 27.2 Å². The molecule has 0 bridgehead atoms. The van der Waals surface area contributed by atoms with Gasteiger partial charge in [0.2, 0.25) is 0 Å². The highest BCUT2D eigenvalue weighted by Gasteiger charge is 2.29. The first-order valence-electron chi connectivity index (χ1n) is 6.55. The third-order valence-corrected chi connectivity index (χ3v) is 2.79. The number of anilines is 2. The van der Waals surface area contributed by atoms with E-state index in [1.54, 1.807) is 0 Å². The molecule has 0 atom stereocenters. The van der Waals surface area contributed by atoms with Gasteiger partial charge in [0.05, 0.1) is 5.56 Å². The third kappa shape index (κ3) is 4.53. The molecule has 120 valence electrons. The molecule has 2 rings (SSSR count). The van der Waals surface area contributed by atoms with Crippen molar-refractivity contribution in [3.63, 3.8) is 0 Å².